The molecule has 434 valence electrons. The number of benzene rings is 9. The molecule has 3 nitrogen and oxygen atoms in total. The van der Waals surface area contributed by atoms with Crippen molar-refractivity contribution in [2.75, 3.05) is 4.90 Å². The Balaban J connectivity index is 1.13. The van der Waals surface area contributed by atoms with Gasteiger partial charge in [0, 0.05) is 66.3 Å². The van der Waals surface area contributed by atoms with Crippen LogP contribution in [-0.4, -0.2) is 22.4 Å². The first-order valence-electron chi connectivity index (χ1n) is 32.6. The highest BCUT2D eigenvalue weighted by Gasteiger charge is 2.50. The van der Waals surface area contributed by atoms with Crippen LogP contribution in [0.3, 0.4) is 0 Å². The molecule has 9 aromatic carbocycles. The lowest BCUT2D eigenvalue weighted by Gasteiger charge is -2.45. The van der Waals surface area contributed by atoms with Gasteiger partial charge in [0.2, 0.25) is 6.71 Å². The van der Waals surface area contributed by atoms with Crippen molar-refractivity contribution in [3.8, 4) is 5.69 Å². The van der Waals surface area contributed by atoms with Gasteiger partial charge < -0.3 is 13.9 Å². The molecular formula is C82H85B2N3. The normalized spacial score (nSPS) is 15.6. The fraction of sp³-hybridized carbons (Fsp3) is 0.341. The molecule has 12 aromatic rings. The first kappa shape index (κ1) is 54.9. The summed E-state index contributed by atoms with van der Waals surface area (Å²) in [5.41, 5.74) is 38.3. The summed E-state index contributed by atoms with van der Waals surface area (Å²) >= 11 is 0. The van der Waals surface area contributed by atoms with Crippen molar-refractivity contribution in [3.05, 3.63) is 194 Å². The molecule has 4 aliphatic rings. The zero-order valence-electron chi connectivity index (χ0n) is 55.7. The summed E-state index contributed by atoms with van der Waals surface area (Å²) in [5, 5.41) is 8.36. The molecule has 0 bridgehead atoms. The first-order chi connectivity index (χ1) is 40.8. The minimum Gasteiger partial charge on any atom is -0.311 e. The summed E-state index contributed by atoms with van der Waals surface area (Å²) in [5.74, 6) is 0.277. The van der Waals surface area contributed by atoms with Gasteiger partial charge in [-0.2, -0.15) is 0 Å². The van der Waals surface area contributed by atoms with Crippen molar-refractivity contribution in [1.29, 1.82) is 0 Å². The summed E-state index contributed by atoms with van der Waals surface area (Å²) in [6.45, 7) is 50.4. The maximum Gasteiger partial charge on any atom is 0.252 e. The Labute approximate surface area is 517 Å². The molecule has 1 unspecified atom stereocenters. The van der Waals surface area contributed by atoms with E-state index < -0.39 is 0 Å². The van der Waals surface area contributed by atoms with E-state index in [-0.39, 0.29) is 46.4 Å². The van der Waals surface area contributed by atoms with Gasteiger partial charge in [0.05, 0.1) is 22.2 Å². The number of aromatic nitrogens is 2. The number of anilines is 3. The van der Waals surface area contributed by atoms with E-state index in [4.69, 9.17) is 0 Å². The van der Waals surface area contributed by atoms with Crippen LogP contribution in [0.15, 0.2) is 121 Å². The number of hydrogen-bond acceptors (Lipinski definition) is 1. The average Bonchev–Trinajstić information content (AvgIpc) is 1.58. The van der Waals surface area contributed by atoms with Crippen LogP contribution in [0.2, 0.25) is 0 Å². The lowest BCUT2D eigenvalue weighted by molar-refractivity contribution is 0.590. The highest BCUT2D eigenvalue weighted by molar-refractivity contribution is 7.02. The van der Waals surface area contributed by atoms with Crippen LogP contribution in [0.1, 0.15) is 202 Å². The molecular weight excluding hydrogens is 1050 g/mol. The van der Waals surface area contributed by atoms with E-state index in [0.717, 1.165) is 0 Å². The Hall–Kier alpha value is -7.49. The Morgan fingerprint density at radius 3 is 1.47 bits per heavy atom. The van der Waals surface area contributed by atoms with E-state index in [1.807, 2.05) is 0 Å². The predicted octanol–water partition coefficient (Wildman–Crippen LogP) is 17.7. The molecule has 0 saturated carbocycles. The van der Waals surface area contributed by atoms with Gasteiger partial charge in [0.15, 0.2) is 0 Å². The van der Waals surface area contributed by atoms with Crippen LogP contribution >= 0.6 is 0 Å². The molecule has 7 heterocycles. The largest absolute Gasteiger partial charge is 0.311 e. The van der Waals surface area contributed by atoms with Crippen molar-refractivity contribution in [3.63, 3.8) is 0 Å². The average molecular weight is 1130 g/mol. The summed E-state index contributed by atoms with van der Waals surface area (Å²) in [7, 11) is 0. The van der Waals surface area contributed by atoms with Crippen LogP contribution in [0, 0.1) is 27.7 Å². The van der Waals surface area contributed by atoms with Crippen molar-refractivity contribution in [1.82, 2.24) is 8.97 Å². The van der Waals surface area contributed by atoms with Crippen LogP contribution in [0.25, 0.3) is 65.6 Å². The number of para-hydroxylation sites is 1. The van der Waals surface area contributed by atoms with Crippen molar-refractivity contribution in [2.24, 2.45) is 0 Å². The quantitative estimate of drug-likeness (QED) is 0.161. The van der Waals surface area contributed by atoms with Crippen LogP contribution in [0.4, 0.5) is 17.1 Å². The number of nitrogens with zero attached hydrogens (tertiary/aromatic N) is 3. The second-order valence-corrected chi connectivity index (χ2v) is 33.0. The van der Waals surface area contributed by atoms with Gasteiger partial charge >= 0.3 is 0 Å². The summed E-state index contributed by atoms with van der Waals surface area (Å²) < 4.78 is 5.51. The Bertz CT molecular complexity index is 5050. The van der Waals surface area contributed by atoms with Crippen molar-refractivity contribution >= 4 is 123 Å². The maximum atomic E-state index is 2.82. The molecule has 0 radical (unpaired) electrons. The van der Waals surface area contributed by atoms with Gasteiger partial charge in [-0.3, -0.25) is 0 Å². The molecule has 0 N–H and O–H groups in total. The topological polar surface area (TPSA) is 12.6 Å². The molecule has 3 aromatic heterocycles. The van der Waals surface area contributed by atoms with Gasteiger partial charge in [-0.1, -0.05) is 190 Å². The number of aryl methyl sites for hydroxylation is 4. The molecule has 0 aliphatic carbocycles. The molecule has 16 rings (SSSR count). The van der Waals surface area contributed by atoms with Crippen LogP contribution < -0.4 is 37.7 Å². The van der Waals surface area contributed by atoms with E-state index in [1.165, 1.54) is 188 Å². The number of fused-ring (bicyclic) bond motifs is 12. The van der Waals surface area contributed by atoms with E-state index >= 15 is 0 Å². The summed E-state index contributed by atoms with van der Waals surface area (Å²) in [6.07, 6.45) is 0. The van der Waals surface area contributed by atoms with E-state index in [9.17, 15) is 0 Å². The van der Waals surface area contributed by atoms with Crippen molar-refractivity contribution < 1.29 is 0 Å². The minimum atomic E-state index is -0.143. The molecule has 87 heavy (non-hydrogen) atoms. The first-order valence-corrected chi connectivity index (χ1v) is 32.6. The van der Waals surface area contributed by atoms with E-state index in [0.29, 0.717) is 5.92 Å². The van der Waals surface area contributed by atoms with Gasteiger partial charge in [0.1, 0.15) is 0 Å². The Morgan fingerprint density at radius 2 is 0.885 bits per heavy atom. The molecule has 5 heteroatoms. The predicted molar refractivity (Wildman–Crippen MR) is 380 cm³/mol. The molecule has 0 fully saturated rings. The standard InChI is InChI=1S/C82H85B2N3/c1-42(2)52-39-58-69(68-43(3)24-22-25-44(68)4)57-40-61-65(41-60(57)83-63-36-50(81(16,17)18)33-56-55-31-48(79(10,11)12)34-59-70(52)77(71(58)83)87(74(55)59)76(56)63)86(73-45(5)26-23-27-46(73)6)67-38-51(82(19,20)21)37-66-72(67)84(61)62-35-49(80(13,14)15)32-54-53-30-47(78(7,8)9)28-29-64(53)85(66)75(54)62/h22-42,69H,1-21H3. The molecule has 0 amide bonds. The molecule has 0 spiro atoms. The highest BCUT2D eigenvalue weighted by atomic mass is 15.2. The van der Waals surface area contributed by atoms with E-state index in [2.05, 4.69) is 281 Å². The third-order valence-electron chi connectivity index (χ3n) is 21.8. The van der Waals surface area contributed by atoms with Gasteiger partial charge in [0.25, 0.3) is 6.71 Å². The van der Waals surface area contributed by atoms with Gasteiger partial charge in [-0.15, -0.1) is 0 Å². The Kier molecular flexibility index (Phi) is 10.9. The minimum absolute atomic E-state index is 0.0130. The van der Waals surface area contributed by atoms with E-state index in [1.54, 1.807) is 0 Å². The highest BCUT2D eigenvalue weighted by Crippen LogP contribution is 2.52. The maximum absolute atomic E-state index is 2.82. The zero-order valence-corrected chi connectivity index (χ0v) is 55.7. The van der Waals surface area contributed by atoms with Gasteiger partial charge in [-0.05, 0) is 215 Å². The smallest absolute Gasteiger partial charge is 0.252 e. The lowest BCUT2D eigenvalue weighted by Crippen LogP contribution is -2.64. The number of rotatable bonds is 3. The fourth-order valence-corrected chi connectivity index (χ4v) is 17.1. The molecule has 4 aliphatic heterocycles. The number of hydrogen-bond donors (Lipinski definition) is 0. The lowest BCUT2D eigenvalue weighted by atomic mass is 9.29. The molecule has 0 saturated heterocycles. The van der Waals surface area contributed by atoms with Gasteiger partial charge in [-0.25, -0.2) is 0 Å². The zero-order chi connectivity index (χ0) is 61.3. The summed E-state index contributed by atoms with van der Waals surface area (Å²) in [4.78, 5) is 2.78. The summed E-state index contributed by atoms with van der Waals surface area (Å²) in [6, 6.07) is 50.7. The second kappa shape index (κ2) is 17.2. The monoisotopic (exact) mass is 1130 g/mol. The van der Waals surface area contributed by atoms with Crippen molar-refractivity contribution in [2.45, 2.75) is 184 Å². The third kappa shape index (κ3) is 7.27. The SMILES string of the molecule is Cc1cccc(C)c1C1c2cc3c(cc2B2c4cc(C(C)(C)C)cc5c6cc(C(C)(C)C)cc7c8c(C(C)C)cc1c2c8n(c45)c67)N(c1c(C)cccc1C)c1cc(C(C)(C)C)cc2c1B3c1cc(C(C)(C)C)cc3c4cc(C(C)(C)C)ccc4n-2c13. The van der Waals surface area contributed by atoms with Crippen LogP contribution in [0.5, 0.6) is 0 Å². The third-order valence-corrected chi connectivity index (χ3v) is 21.8. The fourth-order valence-electron chi connectivity index (χ4n) is 17.1. The van der Waals surface area contributed by atoms with Crippen LogP contribution in [-0.2, 0) is 27.1 Å². The Morgan fingerprint density at radius 1 is 0.391 bits per heavy atom. The molecule has 1 atom stereocenters. The second-order valence-electron chi connectivity index (χ2n) is 33.0.